The van der Waals surface area contributed by atoms with Crippen molar-refractivity contribution in [3.8, 4) is 12.3 Å². The van der Waals surface area contributed by atoms with E-state index in [2.05, 4.69) is 11.2 Å². The highest BCUT2D eigenvalue weighted by Crippen LogP contribution is 2.34. The van der Waals surface area contributed by atoms with Gasteiger partial charge < -0.3 is 9.88 Å². The summed E-state index contributed by atoms with van der Waals surface area (Å²) in [6.45, 7) is -0.0579. The van der Waals surface area contributed by atoms with Gasteiger partial charge in [0.1, 0.15) is 12.4 Å². The van der Waals surface area contributed by atoms with Crippen molar-refractivity contribution in [2.45, 2.75) is 6.54 Å². The van der Waals surface area contributed by atoms with Crippen molar-refractivity contribution in [1.29, 1.82) is 0 Å². The Kier molecular flexibility index (Phi) is 5.60. The van der Waals surface area contributed by atoms with E-state index in [9.17, 15) is 18.8 Å². The number of thioether (sulfide) groups is 1. The van der Waals surface area contributed by atoms with E-state index in [0.29, 0.717) is 11.3 Å². The Morgan fingerprint density at radius 3 is 2.65 bits per heavy atom. The van der Waals surface area contributed by atoms with Crippen LogP contribution >= 0.6 is 11.8 Å². The number of aromatic nitrogens is 1. The smallest absolute Gasteiger partial charge is 0.294 e. The number of rotatable bonds is 5. The molecule has 1 N–H and O–H groups in total. The van der Waals surface area contributed by atoms with Crippen LogP contribution in [-0.2, 0) is 16.1 Å². The third-order valence-electron chi connectivity index (χ3n) is 4.67. The van der Waals surface area contributed by atoms with Crippen molar-refractivity contribution in [2.24, 2.45) is 0 Å². The third-order valence-corrected chi connectivity index (χ3v) is 5.58. The molecule has 31 heavy (non-hydrogen) atoms. The molecule has 154 valence electrons. The normalized spacial score (nSPS) is 15.0. The van der Waals surface area contributed by atoms with Crippen LogP contribution in [0.25, 0.3) is 17.0 Å². The van der Waals surface area contributed by atoms with Gasteiger partial charge in [0.15, 0.2) is 0 Å². The Balaban J connectivity index is 1.61. The lowest BCUT2D eigenvalue weighted by Crippen LogP contribution is -2.28. The summed E-state index contributed by atoms with van der Waals surface area (Å²) >= 11 is 0.835. The van der Waals surface area contributed by atoms with Crippen LogP contribution in [0, 0.1) is 18.2 Å². The molecule has 1 aromatic heterocycles. The number of fused-ring (bicyclic) bond motifs is 1. The number of imide groups is 1. The highest BCUT2D eigenvalue weighted by atomic mass is 32.2. The molecule has 2 aromatic carbocycles. The summed E-state index contributed by atoms with van der Waals surface area (Å²) in [5.74, 6) is 1.21. The summed E-state index contributed by atoms with van der Waals surface area (Å²) in [6, 6.07) is 13.0. The van der Waals surface area contributed by atoms with Gasteiger partial charge in [0.2, 0.25) is 5.91 Å². The molecule has 0 spiro atoms. The maximum absolute atomic E-state index is 13.1. The summed E-state index contributed by atoms with van der Waals surface area (Å²) in [7, 11) is 0. The molecular formula is C23H16FN3O3S. The monoisotopic (exact) mass is 433 g/mol. The second-order valence-electron chi connectivity index (χ2n) is 6.76. The van der Waals surface area contributed by atoms with Crippen LogP contribution in [-0.4, -0.2) is 33.1 Å². The molecular weight excluding hydrogens is 417 g/mol. The van der Waals surface area contributed by atoms with Crippen molar-refractivity contribution < 1.29 is 18.8 Å². The van der Waals surface area contributed by atoms with E-state index in [-0.39, 0.29) is 29.7 Å². The van der Waals surface area contributed by atoms with Gasteiger partial charge in [-0.25, -0.2) is 4.39 Å². The van der Waals surface area contributed by atoms with E-state index in [1.54, 1.807) is 16.8 Å². The van der Waals surface area contributed by atoms with E-state index in [4.69, 9.17) is 6.42 Å². The first kappa shape index (κ1) is 20.4. The lowest BCUT2D eigenvalue weighted by molar-refractivity contribution is -0.122. The maximum atomic E-state index is 13.1. The number of amides is 3. The van der Waals surface area contributed by atoms with Crippen LogP contribution < -0.4 is 5.32 Å². The Hall–Kier alpha value is -3.83. The van der Waals surface area contributed by atoms with Crippen LogP contribution in [0.3, 0.4) is 0 Å². The number of terminal acetylenes is 1. The number of carbonyl (C=O) groups is 3. The predicted octanol–water partition coefficient (Wildman–Crippen LogP) is 4.09. The molecule has 6 nitrogen and oxygen atoms in total. The third kappa shape index (κ3) is 4.22. The molecule has 1 saturated heterocycles. The number of hydrogen-bond acceptors (Lipinski definition) is 4. The van der Waals surface area contributed by atoms with Crippen LogP contribution in [0.2, 0.25) is 0 Å². The zero-order valence-electron chi connectivity index (χ0n) is 16.2. The van der Waals surface area contributed by atoms with Crippen molar-refractivity contribution in [1.82, 2.24) is 9.47 Å². The average molecular weight is 433 g/mol. The standard InChI is InChI=1S/C23H16FN3O3S/c1-2-11-27-22(29)20(31-23(27)30)12-15-13-26(19-6-4-3-5-18(15)19)14-21(28)25-17-9-7-16(24)8-10-17/h1,3-10,12-13H,11,14H2,(H,25,28). The molecule has 8 heteroatoms. The van der Waals surface area contributed by atoms with Gasteiger partial charge in [-0.2, -0.15) is 0 Å². The predicted molar refractivity (Wildman–Crippen MR) is 118 cm³/mol. The Labute approximate surface area is 181 Å². The van der Waals surface area contributed by atoms with E-state index in [0.717, 1.165) is 27.6 Å². The van der Waals surface area contributed by atoms with Crippen LogP contribution in [0.5, 0.6) is 0 Å². The van der Waals surface area contributed by atoms with E-state index in [1.807, 2.05) is 24.3 Å². The van der Waals surface area contributed by atoms with Gasteiger partial charge in [-0.15, -0.1) is 6.42 Å². The van der Waals surface area contributed by atoms with Crippen molar-refractivity contribution in [3.63, 3.8) is 0 Å². The van der Waals surface area contributed by atoms with E-state index in [1.165, 1.54) is 24.3 Å². The van der Waals surface area contributed by atoms with Crippen molar-refractivity contribution in [3.05, 3.63) is 71.0 Å². The molecule has 0 saturated carbocycles. The number of benzene rings is 2. The molecule has 1 aliphatic rings. The number of carbonyl (C=O) groups excluding carboxylic acids is 3. The molecule has 0 atom stereocenters. The summed E-state index contributed by atoms with van der Waals surface area (Å²) in [4.78, 5) is 38.3. The van der Waals surface area contributed by atoms with Crippen molar-refractivity contribution in [2.75, 3.05) is 11.9 Å². The number of para-hydroxylation sites is 1. The molecule has 2 heterocycles. The molecule has 0 radical (unpaired) electrons. The van der Waals surface area contributed by atoms with Gasteiger partial charge in [-0.1, -0.05) is 24.1 Å². The summed E-state index contributed by atoms with van der Waals surface area (Å²) in [5.41, 5.74) is 1.99. The molecule has 1 aliphatic heterocycles. The zero-order chi connectivity index (χ0) is 22.0. The average Bonchev–Trinajstić information content (AvgIpc) is 3.22. The molecule has 3 amide bonds. The van der Waals surface area contributed by atoms with Gasteiger partial charge in [0.25, 0.3) is 11.1 Å². The van der Waals surface area contributed by atoms with Gasteiger partial charge in [-0.05, 0) is 48.2 Å². The lowest BCUT2D eigenvalue weighted by atomic mass is 10.1. The minimum absolute atomic E-state index is 0.0182. The second kappa shape index (κ2) is 8.50. The van der Waals surface area contributed by atoms with Crippen LogP contribution in [0.15, 0.2) is 59.6 Å². The number of nitrogens with one attached hydrogen (secondary N) is 1. The lowest BCUT2D eigenvalue weighted by Gasteiger charge is -2.07. The second-order valence-corrected chi connectivity index (χ2v) is 7.75. The number of halogens is 1. The van der Waals surface area contributed by atoms with Crippen molar-refractivity contribution >= 4 is 51.5 Å². The highest BCUT2D eigenvalue weighted by Gasteiger charge is 2.34. The zero-order valence-corrected chi connectivity index (χ0v) is 17.0. The summed E-state index contributed by atoms with van der Waals surface area (Å²) in [5, 5.41) is 3.16. The van der Waals surface area contributed by atoms with E-state index >= 15 is 0 Å². The fourth-order valence-electron chi connectivity index (χ4n) is 3.28. The van der Waals surface area contributed by atoms with Gasteiger partial charge >= 0.3 is 0 Å². The molecule has 1 fully saturated rings. The maximum Gasteiger partial charge on any atom is 0.294 e. The topological polar surface area (TPSA) is 71.4 Å². The van der Waals surface area contributed by atoms with Gasteiger partial charge in [0.05, 0.1) is 11.4 Å². The molecule has 0 unspecified atom stereocenters. The molecule has 3 aromatic rings. The number of nitrogens with zero attached hydrogens (tertiary/aromatic N) is 2. The van der Waals surface area contributed by atoms with Gasteiger partial charge in [0, 0.05) is 28.4 Å². The SMILES string of the molecule is C#CCN1C(=O)SC(=Cc2cn(CC(=O)Nc3ccc(F)cc3)c3ccccc23)C1=O. The molecule has 0 aliphatic carbocycles. The first-order chi connectivity index (χ1) is 15.0. The minimum Gasteiger partial charge on any atom is -0.337 e. The summed E-state index contributed by atoms with van der Waals surface area (Å²) in [6.07, 6.45) is 8.62. The fourth-order valence-corrected chi connectivity index (χ4v) is 4.11. The molecule has 0 bridgehead atoms. The highest BCUT2D eigenvalue weighted by molar-refractivity contribution is 8.18. The number of anilines is 1. The Morgan fingerprint density at radius 1 is 1.16 bits per heavy atom. The van der Waals surface area contributed by atoms with Gasteiger partial charge in [-0.3, -0.25) is 19.3 Å². The largest absolute Gasteiger partial charge is 0.337 e. The number of hydrogen-bond donors (Lipinski definition) is 1. The minimum atomic E-state index is -0.432. The molecule has 4 rings (SSSR count). The van der Waals surface area contributed by atoms with E-state index < -0.39 is 11.1 Å². The first-order valence-electron chi connectivity index (χ1n) is 9.28. The van der Waals surface area contributed by atoms with Crippen LogP contribution in [0.1, 0.15) is 5.56 Å². The quantitative estimate of drug-likeness (QED) is 0.486. The Bertz CT molecular complexity index is 1270. The fraction of sp³-hybridized carbons (Fsp3) is 0.0870. The first-order valence-corrected chi connectivity index (χ1v) is 10.1. The van der Waals surface area contributed by atoms with Crippen LogP contribution in [0.4, 0.5) is 14.9 Å². The Morgan fingerprint density at radius 2 is 1.90 bits per heavy atom. The summed E-state index contributed by atoms with van der Waals surface area (Å²) < 4.78 is 14.8.